The first-order chi connectivity index (χ1) is 9.41. The Labute approximate surface area is 119 Å². The summed E-state index contributed by atoms with van der Waals surface area (Å²) in [6.45, 7) is 5.31. The van der Waals surface area contributed by atoms with Crippen molar-refractivity contribution >= 4 is 11.9 Å². The van der Waals surface area contributed by atoms with Crippen molar-refractivity contribution in [1.29, 1.82) is 0 Å². The Kier molecular flexibility index (Phi) is 6.18. The highest BCUT2D eigenvalue weighted by Gasteiger charge is 2.25. The van der Waals surface area contributed by atoms with Gasteiger partial charge in [0.15, 0.2) is 0 Å². The highest BCUT2D eigenvalue weighted by Crippen LogP contribution is 2.10. The fourth-order valence-corrected chi connectivity index (χ4v) is 1.68. The molecule has 5 heteroatoms. The van der Waals surface area contributed by atoms with E-state index in [0.717, 1.165) is 5.56 Å². The van der Waals surface area contributed by atoms with Gasteiger partial charge in [0, 0.05) is 6.54 Å². The molecule has 110 valence electrons. The van der Waals surface area contributed by atoms with Gasteiger partial charge < -0.3 is 14.7 Å². The van der Waals surface area contributed by atoms with Gasteiger partial charge in [0.05, 0.1) is 6.10 Å². The van der Waals surface area contributed by atoms with Gasteiger partial charge in [-0.25, -0.2) is 4.79 Å². The normalized spacial score (nSPS) is 12.2. The molecule has 20 heavy (non-hydrogen) atoms. The number of hydrogen-bond donors (Lipinski definition) is 1. The number of benzene rings is 1. The van der Waals surface area contributed by atoms with Gasteiger partial charge in [0.25, 0.3) is 0 Å². The van der Waals surface area contributed by atoms with Crippen molar-refractivity contribution in [2.75, 3.05) is 6.61 Å². The maximum atomic E-state index is 12.1. The molecule has 1 atom stereocenters. The number of nitrogens with zero attached hydrogens (tertiary/aromatic N) is 1. The maximum absolute atomic E-state index is 12.1. The van der Waals surface area contributed by atoms with Crippen molar-refractivity contribution in [3.63, 3.8) is 0 Å². The summed E-state index contributed by atoms with van der Waals surface area (Å²) in [6, 6.07) is 8.41. The van der Waals surface area contributed by atoms with Crippen molar-refractivity contribution in [1.82, 2.24) is 4.90 Å². The van der Waals surface area contributed by atoms with E-state index in [9.17, 15) is 9.59 Å². The first kappa shape index (κ1) is 16.2. The lowest BCUT2D eigenvalue weighted by atomic mass is 10.2. The van der Waals surface area contributed by atoms with E-state index in [1.165, 1.54) is 11.8 Å². The van der Waals surface area contributed by atoms with Gasteiger partial charge >= 0.3 is 5.97 Å². The van der Waals surface area contributed by atoms with Crippen LogP contribution in [0, 0.1) is 0 Å². The lowest BCUT2D eigenvalue weighted by Crippen LogP contribution is -2.44. The first-order valence-electron chi connectivity index (χ1n) is 6.59. The molecular formula is C15H21NO4. The second kappa shape index (κ2) is 7.65. The summed E-state index contributed by atoms with van der Waals surface area (Å²) in [6.07, 6.45) is -0.0716. The van der Waals surface area contributed by atoms with E-state index in [-0.39, 0.29) is 25.2 Å². The molecule has 0 bridgehead atoms. The highest BCUT2D eigenvalue weighted by molar-refractivity contribution is 5.84. The van der Waals surface area contributed by atoms with E-state index in [0.29, 0.717) is 0 Å². The van der Waals surface area contributed by atoms with E-state index in [2.05, 4.69) is 0 Å². The van der Waals surface area contributed by atoms with Crippen LogP contribution in [-0.4, -0.2) is 40.6 Å². The molecule has 1 rings (SSSR count). The van der Waals surface area contributed by atoms with E-state index < -0.39 is 12.0 Å². The average Bonchev–Trinajstić information content (AvgIpc) is 2.42. The van der Waals surface area contributed by atoms with Crippen LogP contribution >= 0.6 is 0 Å². The summed E-state index contributed by atoms with van der Waals surface area (Å²) in [5, 5.41) is 9.12. The van der Waals surface area contributed by atoms with Crippen LogP contribution in [0.1, 0.15) is 26.3 Å². The summed E-state index contributed by atoms with van der Waals surface area (Å²) in [4.78, 5) is 24.6. The second-order valence-electron chi connectivity index (χ2n) is 4.88. The smallest absolute Gasteiger partial charge is 0.326 e. The Morgan fingerprint density at radius 3 is 2.30 bits per heavy atom. The Hall–Kier alpha value is -1.88. The van der Waals surface area contributed by atoms with E-state index >= 15 is 0 Å². The minimum absolute atomic E-state index is 0.0716. The van der Waals surface area contributed by atoms with Gasteiger partial charge in [0.1, 0.15) is 12.6 Å². The topological polar surface area (TPSA) is 66.8 Å². The van der Waals surface area contributed by atoms with Crippen LogP contribution in [0.15, 0.2) is 30.3 Å². The van der Waals surface area contributed by atoms with Gasteiger partial charge in [-0.15, -0.1) is 0 Å². The molecule has 0 heterocycles. The van der Waals surface area contributed by atoms with Crippen LogP contribution in [0.5, 0.6) is 0 Å². The molecule has 1 unspecified atom stereocenters. The predicted molar refractivity (Wildman–Crippen MR) is 75.2 cm³/mol. The molecule has 0 aliphatic carbocycles. The van der Waals surface area contributed by atoms with E-state index in [4.69, 9.17) is 9.84 Å². The largest absolute Gasteiger partial charge is 0.480 e. The molecule has 0 fully saturated rings. The van der Waals surface area contributed by atoms with Crippen LogP contribution in [0.25, 0.3) is 0 Å². The summed E-state index contributed by atoms with van der Waals surface area (Å²) in [5.74, 6) is -1.35. The van der Waals surface area contributed by atoms with Crippen LogP contribution in [0.4, 0.5) is 0 Å². The summed E-state index contributed by atoms with van der Waals surface area (Å²) in [5.41, 5.74) is 0.887. The monoisotopic (exact) mass is 279 g/mol. The standard InChI is InChI=1S/C15H21NO4/c1-11(2)20-10-14(17)16(12(3)15(18)19)9-13-7-5-4-6-8-13/h4-8,11-12H,9-10H2,1-3H3,(H,18,19). The number of carboxylic acid groups (broad SMARTS) is 1. The number of carbonyl (C=O) groups excluding carboxylic acids is 1. The van der Waals surface area contributed by atoms with Crippen molar-refractivity contribution < 1.29 is 19.4 Å². The van der Waals surface area contributed by atoms with Crippen LogP contribution in [0.3, 0.4) is 0 Å². The number of carboxylic acids is 1. The molecule has 0 spiro atoms. The van der Waals surface area contributed by atoms with Crippen molar-refractivity contribution in [2.45, 2.75) is 39.5 Å². The number of carbonyl (C=O) groups is 2. The minimum atomic E-state index is -1.03. The van der Waals surface area contributed by atoms with Gasteiger partial charge in [0.2, 0.25) is 5.91 Å². The lowest BCUT2D eigenvalue weighted by Gasteiger charge is -2.27. The predicted octanol–water partition coefficient (Wildman–Crippen LogP) is 1.91. The number of aliphatic carboxylic acids is 1. The third-order valence-corrected chi connectivity index (χ3v) is 2.88. The zero-order chi connectivity index (χ0) is 15.1. The van der Waals surface area contributed by atoms with E-state index in [1.807, 2.05) is 44.2 Å². The zero-order valence-corrected chi connectivity index (χ0v) is 12.1. The molecule has 0 radical (unpaired) electrons. The second-order valence-corrected chi connectivity index (χ2v) is 4.88. The number of rotatable bonds is 7. The lowest BCUT2D eigenvalue weighted by molar-refractivity contribution is -0.152. The van der Waals surface area contributed by atoms with Gasteiger partial charge in [-0.05, 0) is 26.3 Å². The molecule has 0 saturated heterocycles. The zero-order valence-electron chi connectivity index (χ0n) is 12.1. The summed E-state index contributed by atoms with van der Waals surface area (Å²) in [7, 11) is 0. The summed E-state index contributed by atoms with van der Waals surface area (Å²) >= 11 is 0. The quantitative estimate of drug-likeness (QED) is 0.828. The van der Waals surface area contributed by atoms with E-state index in [1.54, 1.807) is 0 Å². The molecule has 0 saturated carbocycles. The van der Waals surface area contributed by atoms with Crippen LogP contribution in [0.2, 0.25) is 0 Å². The fourth-order valence-electron chi connectivity index (χ4n) is 1.68. The van der Waals surface area contributed by atoms with Crippen molar-refractivity contribution in [3.8, 4) is 0 Å². The first-order valence-corrected chi connectivity index (χ1v) is 6.59. The van der Waals surface area contributed by atoms with Crippen LogP contribution in [-0.2, 0) is 20.9 Å². The Morgan fingerprint density at radius 2 is 1.80 bits per heavy atom. The SMILES string of the molecule is CC(C)OCC(=O)N(Cc1ccccc1)C(C)C(=O)O. The Bertz CT molecular complexity index is 444. The fraction of sp³-hybridized carbons (Fsp3) is 0.467. The number of hydrogen-bond acceptors (Lipinski definition) is 3. The molecule has 0 aliphatic rings. The van der Waals surface area contributed by atoms with Crippen LogP contribution < -0.4 is 0 Å². The van der Waals surface area contributed by atoms with Gasteiger partial charge in [-0.1, -0.05) is 30.3 Å². The summed E-state index contributed by atoms with van der Waals surface area (Å²) < 4.78 is 5.27. The molecule has 1 aromatic carbocycles. The maximum Gasteiger partial charge on any atom is 0.326 e. The minimum Gasteiger partial charge on any atom is -0.480 e. The third kappa shape index (κ3) is 5.01. The molecule has 5 nitrogen and oxygen atoms in total. The molecular weight excluding hydrogens is 258 g/mol. The average molecular weight is 279 g/mol. The number of amides is 1. The highest BCUT2D eigenvalue weighted by atomic mass is 16.5. The Balaban J connectivity index is 2.80. The molecule has 0 aromatic heterocycles. The molecule has 1 N–H and O–H groups in total. The van der Waals surface area contributed by atoms with Crippen molar-refractivity contribution in [2.24, 2.45) is 0 Å². The van der Waals surface area contributed by atoms with Crippen molar-refractivity contribution in [3.05, 3.63) is 35.9 Å². The number of ether oxygens (including phenoxy) is 1. The Morgan fingerprint density at radius 1 is 1.20 bits per heavy atom. The molecule has 1 aromatic rings. The van der Waals surface area contributed by atoms with Gasteiger partial charge in [-0.2, -0.15) is 0 Å². The molecule has 1 amide bonds. The van der Waals surface area contributed by atoms with Gasteiger partial charge in [-0.3, -0.25) is 4.79 Å². The third-order valence-electron chi connectivity index (χ3n) is 2.88. The molecule has 0 aliphatic heterocycles.